The molecule has 0 radical (unpaired) electrons. The molecule has 3 N–H and O–H groups in total. The van der Waals surface area contributed by atoms with E-state index in [1.807, 2.05) is 4.90 Å². The van der Waals surface area contributed by atoms with Crippen molar-refractivity contribution in [2.45, 2.75) is 25.9 Å². The highest BCUT2D eigenvalue weighted by Gasteiger charge is 2.23. The first-order valence-corrected chi connectivity index (χ1v) is 9.25. The zero-order valence-corrected chi connectivity index (χ0v) is 15.7. The Hall–Kier alpha value is -2.93. The Labute approximate surface area is 161 Å². The van der Waals surface area contributed by atoms with Gasteiger partial charge in [0.1, 0.15) is 11.6 Å². The molecule has 146 valence electrons. The van der Waals surface area contributed by atoms with Gasteiger partial charge in [0.2, 0.25) is 0 Å². The molecule has 1 aromatic heterocycles. The number of halogens is 2. The zero-order valence-electron chi connectivity index (χ0n) is 15.7. The number of nitrogens with zero attached hydrogens (tertiary/aromatic N) is 2. The molecule has 1 saturated heterocycles. The fraction of sp³-hybridized carbons (Fsp3) is 0.286. The third-order valence-electron chi connectivity index (χ3n) is 4.95. The van der Waals surface area contributed by atoms with Gasteiger partial charge in [-0.25, -0.2) is 8.78 Å². The van der Waals surface area contributed by atoms with Gasteiger partial charge in [-0.3, -0.25) is 4.99 Å². The second kappa shape index (κ2) is 7.24. The van der Waals surface area contributed by atoms with Crippen LogP contribution in [0.3, 0.4) is 0 Å². The number of aromatic amines is 1. The second-order valence-corrected chi connectivity index (χ2v) is 7.34. The Morgan fingerprint density at radius 3 is 2.57 bits per heavy atom. The van der Waals surface area contributed by atoms with E-state index < -0.39 is 5.82 Å². The fourth-order valence-corrected chi connectivity index (χ4v) is 3.80. The summed E-state index contributed by atoms with van der Waals surface area (Å²) < 4.78 is 28.2. The van der Waals surface area contributed by atoms with Gasteiger partial charge in [0, 0.05) is 48.4 Å². The maximum Gasteiger partial charge on any atom is 0.198 e. The van der Waals surface area contributed by atoms with Gasteiger partial charge < -0.3 is 20.3 Å². The molecule has 1 aliphatic rings. The van der Waals surface area contributed by atoms with E-state index in [2.05, 4.69) is 29.1 Å². The summed E-state index contributed by atoms with van der Waals surface area (Å²) in [6.45, 7) is 5.63. The summed E-state index contributed by atoms with van der Waals surface area (Å²) in [5, 5.41) is 14.0. The molecule has 1 fully saturated rings. The molecule has 7 heteroatoms. The zero-order chi connectivity index (χ0) is 19.8. The summed E-state index contributed by atoms with van der Waals surface area (Å²) in [6.07, 6.45) is 1.41. The number of anilines is 1. The molecule has 2 heterocycles. The SMILES string of the molecule is CC1CN(c2ccc(N=Cc3c(O)[nH]c4ccc(F)cc34)cc2F)CC(C)N1. The third kappa shape index (κ3) is 3.57. The normalized spacial score (nSPS) is 20.4. The molecular weight excluding hydrogens is 362 g/mol. The van der Waals surface area contributed by atoms with Crippen LogP contribution in [-0.4, -0.2) is 41.5 Å². The van der Waals surface area contributed by atoms with Crippen LogP contribution < -0.4 is 10.2 Å². The number of piperazine rings is 1. The van der Waals surface area contributed by atoms with Crippen molar-refractivity contribution in [3.05, 3.63) is 53.6 Å². The van der Waals surface area contributed by atoms with E-state index in [9.17, 15) is 13.9 Å². The van der Waals surface area contributed by atoms with Crippen molar-refractivity contribution in [2.75, 3.05) is 18.0 Å². The van der Waals surface area contributed by atoms with Gasteiger partial charge in [-0.2, -0.15) is 0 Å². The van der Waals surface area contributed by atoms with Crippen molar-refractivity contribution in [1.29, 1.82) is 0 Å². The Kier molecular flexibility index (Phi) is 4.77. The van der Waals surface area contributed by atoms with Crippen LogP contribution in [0.5, 0.6) is 5.88 Å². The Balaban J connectivity index is 1.60. The Bertz CT molecular complexity index is 1040. The molecule has 28 heavy (non-hydrogen) atoms. The molecule has 0 amide bonds. The number of benzene rings is 2. The van der Waals surface area contributed by atoms with E-state index in [0.29, 0.717) is 27.8 Å². The highest BCUT2D eigenvalue weighted by Crippen LogP contribution is 2.29. The van der Waals surface area contributed by atoms with Crippen molar-refractivity contribution in [3.63, 3.8) is 0 Å². The number of aliphatic imine (C=N–C) groups is 1. The van der Waals surface area contributed by atoms with Crippen LogP contribution in [0.4, 0.5) is 20.2 Å². The van der Waals surface area contributed by atoms with Crippen molar-refractivity contribution >= 4 is 28.5 Å². The number of aromatic hydroxyl groups is 1. The van der Waals surface area contributed by atoms with Crippen LogP contribution in [-0.2, 0) is 0 Å². The number of H-pyrrole nitrogens is 1. The van der Waals surface area contributed by atoms with E-state index >= 15 is 0 Å². The number of aromatic nitrogens is 1. The van der Waals surface area contributed by atoms with Crippen LogP contribution in [0.2, 0.25) is 0 Å². The first-order chi connectivity index (χ1) is 13.4. The van der Waals surface area contributed by atoms with Gasteiger partial charge in [0.25, 0.3) is 0 Å². The number of hydrogen-bond acceptors (Lipinski definition) is 4. The van der Waals surface area contributed by atoms with E-state index in [1.165, 1.54) is 24.4 Å². The third-order valence-corrected chi connectivity index (χ3v) is 4.95. The fourth-order valence-electron chi connectivity index (χ4n) is 3.80. The maximum atomic E-state index is 14.7. The predicted molar refractivity (Wildman–Crippen MR) is 108 cm³/mol. The lowest BCUT2D eigenvalue weighted by Gasteiger charge is -2.37. The van der Waals surface area contributed by atoms with Crippen LogP contribution in [0.1, 0.15) is 19.4 Å². The lowest BCUT2D eigenvalue weighted by Crippen LogP contribution is -2.54. The van der Waals surface area contributed by atoms with Crippen LogP contribution >= 0.6 is 0 Å². The van der Waals surface area contributed by atoms with Crippen molar-refractivity contribution < 1.29 is 13.9 Å². The van der Waals surface area contributed by atoms with Crippen LogP contribution in [0, 0.1) is 11.6 Å². The molecule has 0 aliphatic carbocycles. The van der Waals surface area contributed by atoms with Crippen molar-refractivity contribution in [1.82, 2.24) is 10.3 Å². The molecule has 2 aromatic carbocycles. The number of hydrogen-bond donors (Lipinski definition) is 3. The minimum atomic E-state index is -0.406. The van der Waals surface area contributed by atoms with Gasteiger partial charge >= 0.3 is 0 Å². The number of nitrogens with one attached hydrogen (secondary N) is 2. The molecule has 5 nitrogen and oxygen atoms in total. The molecular formula is C21H22F2N4O. The Morgan fingerprint density at radius 2 is 1.86 bits per heavy atom. The van der Waals surface area contributed by atoms with Crippen LogP contribution in [0.15, 0.2) is 41.4 Å². The van der Waals surface area contributed by atoms with Gasteiger partial charge in [-0.15, -0.1) is 0 Å². The molecule has 2 atom stereocenters. The Morgan fingerprint density at radius 1 is 1.11 bits per heavy atom. The smallest absolute Gasteiger partial charge is 0.198 e. The van der Waals surface area contributed by atoms with Crippen LogP contribution in [0.25, 0.3) is 10.9 Å². The van der Waals surface area contributed by atoms with Gasteiger partial charge in [0.05, 0.1) is 16.9 Å². The minimum absolute atomic E-state index is 0.106. The summed E-state index contributed by atoms with van der Waals surface area (Å²) >= 11 is 0. The summed E-state index contributed by atoms with van der Waals surface area (Å²) in [4.78, 5) is 9.07. The highest BCUT2D eigenvalue weighted by atomic mass is 19.1. The quantitative estimate of drug-likeness (QED) is 0.596. The highest BCUT2D eigenvalue weighted by molar-refractivity contribution is 6.02. The van der Waals surface area contributed by atoms with Gasteiger partial charge in [-0.05, 0) is 44.2 Å². The first-order valence-electron chi connectivity index (χ1n) is 9.25. The molecule has 0 spiro atoms. The summed E-state index contributed by atoms with van der Waals surface area (Å²) in [7, 11) is 0. The average molecular weight is 384 g/mol. The molecule has 4 rings (SSSR count). The van der Waals surface area contributed by atoms with Crippen molar-refractivity contribution in [2.24, 2.45) is 4.99 Å². The standard InChI is InChI=1S/C21H22F2N4O/c1-12-10-27(11-13(2)25-12)20-6-4-15(8-18(20)23)24-9-17-16-7-14(22)3-5-19(16)26-21(17)28/h3-9,12-13,25-26,28H,10-11H2,1-2H3. The molecule has 1 aliphatic heterocycles. The lowest BCUT2D eigenvalue weighted by atomic mass is 10.1. The molecule has 0 bridgehead atoms. The topological polar surface area (TPSA) is 63.6 Å². The summed E-state index contributed by atoms with van der Waals surface area (Å²) in [6, 6.07) is 9.58. The lowest BCUT2D eigenvalue weighted by molar-refractivity contribution is 0.404. The number of fused-ring (bicyclic) bond motifs is 1. The minimum Gasteiger partial charge on any atom is -0.494 e. The monoisotopic (exact) mass is 384 g/mol. The summed E-state index contributed by atoms with van der Waals surface area (Å²) in [5.74, 6) is -0.855. The van der Waals surface area contributed by atoms with E-state index in [4.69, 9.17) is 0 Å². The first kappa shape index (κ1) is 18.4. The van der Waals surface area contributed by atoms with E-state index in [1.54, 1.807) is 18.2 Å². The largest absolute Gasteiger partial charge is 0.494 e. The number of rotatable bonds is 3. The van der Waals surface area contributed by atoms with Crippen molar-refractivity contribution in [3.8, 4) is 5.88 Å². The molecule has 0 saturated carbocycles. The summed E-state index contributed by atoms with van der Waals surface area (Å²) in [5.41, 5.74) is 1.94. The predicted octanol–water partition coefficient (Wildman–Crippen LogP) is 4.09. The van der Waals surface area contributed by atoms with Gasteiger partial charge in [-0.1, -0.05) is 0 Å². The molecule has 3 aromatic rings. The average Bonchev–Trinajstić information content (AvgIpc) is 2.93. The second-order valence-electron chi connectivity index (χ2n) is 7.34. The molecule has 2 unspecified atom stereocenters. The van der Waals surface area contributed by atoms with E-state index in [-0.39, 0.29) is 23.8 Å². The van der Waals surface area contributed by atoms with E-state index in [0.717, 1.165) is 13.1 Å². The van der Waals surface area contributed by atoms with Gasteiger partial charge in [0.15, 0.2) is 5.88 Å². The maximum absolute atomic E-state index is 14.7.